The first-order valence-electron chi connectivity index (χ1n) is 8.61. The summed E-state index contributed by atoms with van der Waals surface area (Å²) in [6.07, 6.45) is 5.67. The first kappa shape index (κ1) is 16.0. The van der Waals surface area contributed by atoms with Crippen LogP contribution in [0.25, 0.3) is 0 Å². The van der Waals surface area contributed by atoms with Crippen LogP contribution in [-0.4, -0.2) is 41.4 Å². The van der Waals surface area contributed by atoms with Gasteiger partial charge in [-0.2, -0.15) is 5.10 Å². The van der Waals surface area contributed by atoms with Gasteiger partial charge in [0.05, 0.1) is 20.4 Å². The van der Waals surface area contributed by atoms with E-state index >= 15 is 0 Å². The number of amides is 1. The Morgan fingerprint density at radius 2 is 1.92 bits per heavy atom. The quantitative estimate of drug-likeness (QED) is 0.855. The summed E-state index contributed by atoms with van der Waals surface area (Å²) in [6.45, 7) is 1.41. The van der Waals surface area contributed by atoms with Crippen LogP contribution in [-0.2, 0) is 24.8 Å². The van der Waals surface area contributed by atoms with Crippen molar-refractivity contribution < 1.29 is 14.3 Å². The largest absolute Gasteiger partial charge is 0.493 e. The van der Waals surface area contributed by atoms with Crippen LogP contribution in [0.4, 0.5) is 0 Å². The normalized spacial score (nSPS) is 21.6. The first-order chi connectivity index (χ1) is 12.1. The molecule has 1 aliphatic heterocycles. The second kappa shape index (κ2) is 6.10. The summed E-state index contributed by atoms with van der Waals surface area (Å²) in [5.74, 6) is 2.16. The van der Waals surface area contributed by atoms with Gasteiger partial charge in [0.15, 0.2) is 11.5 Å². The van der Waals surface area contributed by atoms with Crippen molar-refractivity contribution in [1.29, 1.82) is 0 Å². The highest BCUT2D eigenvalue weighted by Gasteiger charge is 2.46. The molecular formula is C19H23N3O3. The van der Waals surface area contributed by atoms with E-state index < -0.39 is 0 Å². The van der Waals surface area contributed by atoms with Gasteiger partial charge in [-0.25, -0.2) is 0 Å². The number of carbonyl (C=O) groups is 1. The highest BCUT2D eigenvalue weighted by Crippen LogP contribution is 2.48. The van der Waals surface area contributed by atoms with Crippen molar-refractivity contribution >= 4 is 5.91 Å². The molecule has 6 heteroatoms. The van der Waals surface area contributed by atoms with E-state index in [-0.39, 0.29) is 11.8 Å². The third-order valence-corrected chi connectivity index (χ3v) is 5.29. The van der Waals surface area contributed by atoms with Crippen LogP contribution in [0.5, 0.6) is 11.5 Å². The summed E-state index contributed by atoms with van der Waals surface area (Å²) in [4.78, 5) is 14.9. The van der Waals surface area contributed by atoms with Gasteiger partial charge in [0.25, 0.3) is 0 Å². The van der Waals surface area contributed by atoms with Crippen LogP contribution < -0.4 is 9.47 Å². The Labute approximate surface area is 147 Å². The van der Waals surface area contributed by atoms with Crippen molar-refractivity contribution in [3.63, 3.8) is 0 Å². The van der Waals surface area contributed by atoms with Crippen LogP contribution in [0.15, 0.2) is 24.5 Å². The van der Waals surface area contributed by atoms with Crippen LogP contribution >= 0.6 is 0 Å². The van der Waals surface area contributed by atoms with E-state index in [4.69, 9.17) is 9.47 Å². The molecule has 1 fully saturated rings. The minimum atomic E-state index is 0.103. The van der Waals surface area contributed by atoms with E-state index in [2.05, 4.69) is 5.10 Å². The zero-order valence-electron chi connectivity index (χ0n) is 14.9. The Morgan fingerprint density at radius 3 is 2.56 bits per heavy atom. The molecule has 1 saturated carbocycles. The van der Waals surface area contributed by atoms with Gasteiger partial charge in [-0.1, -0.05) is 0 Å². The Hall–Kier alpha value is -2.50. The summed E-state index contributed by atoms with van der Waals surface area (Å²) in [7, 11) is 5.19. The van der Waals surface area contributed by atoms with Gasteiger partial charge in [0, 0.05) is 32.3 Å². The molecule has 2 heterocycles. The van der Waals surface area contributed by atoms with Crippen molar-refractivity contribution in [1.82, 2.24) is 14.7 Å². The topological polar surface area (TPSA) is 56.6 Å². The molecule has 1 aliphatic carbocycles. The average Bonchev–Trinajstić information content (AvgIpc) is 3.32. The van der Waals surface area contributed by atoms with Crippen LogP contribution in [0.2, 0.25) is 0 Å². The van der Waals surface area contributed by atoms with E-state index in [9.17, 15) is 4.79 Å². The maximum atomic E-state index is 12.9. The van der Waals surface area contributed by atoms with E-state index in [1.54, 1.807) is 18.9 Å². The Morgan fingerprint density at radius 1 is 1.20 bits per heavy atom. The number of hydrogen-bond donors (Lipinski definition) is 0. The lowest BCUT2D eigenvalue weighted by Crippen LogP contribution is -2.37. The molecule has 4 rings (SSSR count). The van der Waals surface area contributed by atoms with Gasteiger partial charge in [-0.05, 0) is 47.6 Å². The van der Waals surface area contributed by atoms with E-state index in [1.807, 2.05) is 36.5 Å². The van der Waals surface area contributed by atoms with Crippen molar-refractivity contribution in [2.45, 2.75) is 25.3 Å². The lowest BCUT2D eigenvalue weighted by Gasteiger charge is -2.30. The van der Waals surface area contributed by atoms with Crippen LogP contribution in [0.1, 0.15) is 29.0 Å². The summed E-state index contributed by atoms with van der Waals surface area (Å²) in [5, 5.41) is 4.22. The van der Waals surface area contributed by atoms with Crippen molar-refractivity contribution in [3.05, 3.63) is 41.2 Å². The SMILES string of the molecule is COc1cc2c(cc1OC)CN(C(=O)C1CC1c1cnn(C)c1)CC2. The number of hydrogen-bond acceptors (Lipinski definition) is 4. The molecule has 0 saturated heterocycles. The number of rotatable bonds is 4. The second-order valence-corrected chi connectivity index (χ2v) is 6.88. The lowest BCUT2D eigenvalue weighted by atomic mass is 9.98. The van der Waals surface area contributed by atoms with E-state index in [1.165, 1.54) is 11.1 Å². The molecule has 0 radical (unpaired) electrons. The predicted molar refractivity (Wildman–Crippen MR) is 92.7 cm³/mol. The molecule has 0 spiro atoms. The fourth-order valence-corrected chi connectivity index (χ4v) is 3.77. The summed E-state index contributed by atoms with van der Waals surface area (Å²) >= 11 is 0. The highest BCUT2D eigenvalue weighted by atomic mass is 16.5. The maximum Gasteiger partial charge on any atom is 0.226 e. The second-order valence-electron chi connectivity index (χ2n) is 6.88. The minimum Gasteiger partial charge on any atom is -0.493 e. The highest BCUT2D eigenvalue weighted by molar-refractivity contribution is 5.83. The predicted octanol–water partition coefficient (Wildman–Crippen LogP) is 2.13. The number of carbonyl (C=O) groups excluding carboxylic acids is 1. The van der Waals surface area contributed by atoms with Crippen LogP contribution in [0.3, 0.4) is 0 Å². The standard InChI is InChI=1S/C19H23N3O3/c1-21-10-14(9-20-21)15-8-16(15)19(23)22-5-4-12-6-17(24-2)18(25-3)7-13(12)11-22/h6-7,9-10,15-16H,4-5,8,11H2,1-3H3. The fourth-order valence-electron chi connectivity index (χ4n) is 3.77. The number of aryl methyl sites for hydroxylation is 1. The lowest BCUT2D eigenvalue weighted by molar-refractivity contribution is -0.133. The summed E-state index contributed by atoms with van der Waals surface area (Å²) < 4.78 is 12.6. The Bertz CT molecular complexity index is 814. The van der Waals surface area contributed by atoms with Gasteiger partial charge < -0.3 is 14.4 Å². The van der Waals surface area contributed by atoms with Gasteiger partial charge in [0.1, 0.15) is 0 Å². The molecule has 0 N–H and O–H groups in total. The average molecular weight is 341 g/mol. The van der Waals surface area contributed by atoms with Gasteiger partial charge in [-0.15, -0.1) is 0 Å². The Balaban J connectivity index is 1.48. The van der Waals surface area contributed by atoms with Gasteiger partial charge in [-0.3, -0.25) is 9.48 Å². The molecule has 25 heavy (non-hydrogen) atoms. The smallest absolute Gasteiger partial charge is 0.226 e. The minimum absolute atomic E-state index is 0.103. The molecule has 2 atom stereocenters. The molecule has 132 valence electrons. The molecule has 2 aliphatic rings. The van der Waals surface area contributed by atoms with Gasteiger partial charge >= 0.3 is 0 Å². The molecule has 0 bridgehead atoms. The first-order valence-corrected chi connectivity index (χ1v) is 8.61. The molecule has 2 unspecified atom stereocenters. The van der Waals surface area contributed by atoms with Crippen molar-refractivity contribution in [3.8, 4) is 11.5 Å². The van der Waals surface area contributed by atoms with E-state index in [0.29, 0.717) is 12.5 Å². The van der Waals surface area contributed by atoms with E-state index in [0.717, 1.165) is 36.4 Å². The number of aromatic nitrogens is 2. The third kappa shape index (κ3) is 2.86. The number of nitrogens with zero attached hydrogens (tertiary/aromatic N) is 3. The molecule has 1 aromatic heterocycles. The summed E-state index contributed by atoms with van der Waals surface area (Å²) in [6, 6.07) is 4.03. The molecular weight excluding hydrogens is 318 g/mol. The molecule has 6 nitrogen and oxygen atoms in total. The molecule has 2 aromatic rings. The molecule has 1 aromatic carbocycles. The summed E-state index contributed by atoms with van der Waals surface area (Å²) in [5.41, 5.74) is 3.56. The Kier molecular flexibility index (Phi) is 3.90. The van der Waals surface area contributed by atoms with Crippen LogP contribution in [0, 0.1) is 5.92 Å². The maximum absolute atomic E-state index is 12.9. The zero-order valence-corrected chi connectivity index (χ0v) is 14.9. The third-order valence-electron chi connectivity index (χ3n) is 5.29. The number of ether oxygens (including phenoxy) is 2. The number of methoxy groups -OCH3 is 2. The zero-order chi connectivity index (χ0) is 17.6. The number of benzene rings is 1. The fraction of sp³-hybridized carbons (Fsp3) is 0.474. The monoisotopic (exact) mass is 341 g/mol. The van der Waals surface area contributed by atoms with Crippen molar-refractivity contribution in [2.75, 3.05) is 20.8 Å². The van der Waals surface area contributed by atoms with Gasteiger partial charge in [0.2, 0.25) is 5.91 Å². The number of fused-ring (bicyclic) bond motifs is 1. The van der Waals surface area contributed by atoms with Crippen molar-refractivity contribution in [2.24, 2.45) is 13.0 Å². The molecule has 1 amide bonds.